The number of amides is 2. The molecule has 0 saturated carbocycles. The van der Waals surface area contributed by atoms with Gasteiger partial charge in [0.15, 0.2) is 6.61 Å². The van der Waals surface area contributed by atoms with Crippen molar-refractivity contribution >= 4 is 17.5 Å². The second-order valence-electron chi connectivity index (χ2n) is 8.13. The average Bonchev–Trinajstić information content (AvgIpc) is 2.81. The number of ether oxygens (including phenoxy) is 2. The first-order chi connectivity index (χ1) is 16.2. The lowest BCUT2D eigenvalue weighted by Gasteiger charge is -2.31. The van der Waals surface area contributed by atoms with Crippen LogP contribution < -0.4 is 14.8 Å². The molecule has 2 amide bonds. The first-order valence-electron chi connectivity index (χ1n) is 11.3. The fraction of sp³-hybridized carbons (Fsp3) is 0.440. The Bertz CT molecular complexity index is 1010. The molecule has 0 aliphatic rings. The third-order valence-corrected chi connectivity index (χ3v) is 5.53. The Morgan fingerprint density at radius 2 is 1.88 bits per heavy atom. The number of carbonyl (C=O) groups excluding carboxylic acids is 2. The number of hydrogen-bond donors (Lipinski definition) is 1. The highest BCUT2D eigenvalue weighted by Crippen LogP contribution is 2.30. The number of carbonyl (C=O) groups is 2. The molecule has 34 heavy (non-hydrogen) atoms. The predicted octanol–water partition coefficient (Wildman–Crippen LogP) is 4.01. The molecule has 0 spiro atoms. The van der Waals surface area contributed by atoms with Crippen LogP contribution in [0, 0.1) is 17.0 Å². The molecule has 1 N–H and O–H groups in total. The molecule has 0 fully saturated rings. The van der Waals surface area contributed by atoms with Gasteiger partial charge in [-0.15, -0.1) is 0 Å². The number of nitrogens with zero attached hydrogens (tertiary/aromatic N) is 2. The monoisotopic (exact) mass is 471 g/mol. The van der Waals surface area contributed by atoms with Gasteiger partial charge < -0.3 is 19.7 Å². The number of aryl methyl sites for hydroxylation is 1. The second kappa shape index (κ2) is 12.6. The number of nitro benzene ring substituents is 1. The standard InChI is InChI=1S/C25H33N3O6/c1-6-18(4)26-25(30)21(7-2)27(15-19-10-8-9-17(3)13-19)24(29)16-34-20-11-12-22(28(31)32)23(14-20)33-5/h8-14,18,21H,6-7,15-16H2,1-5H3,(H,26,30). The molecule has 0 saturated heterocycles. The van der Waals surface area contributed by atoms with Crippen LogP contribution in [-0.2, 0) is 16.1 Å². The molecule has 0 radical (unpaired) electrons. The van der Waals surface area contributed by atoms with Gasteiger partial charge in [-0.3, -0.25) is 19.7 Å². The molecule has 0 aromatic heterocycles. The van der Waals surface area contributed by atoms with Crippen molar-refractivity contribution in [3.63, 3.8) is 0 Å². The number of nitrogens with one attached hydrogen (secondary N) is 1. The molecule has 2 unspecified atom stereocenters. The van der Waals surface area contributed by atoms with E-state index in [-0.39, 0.29) is 48.2 Å². The number of nitro groups is 1. The Hall–Kier alpha value is -3.62. The fourth-order valence-electron chi connectivity index (χ4n) is 3.49. The van der Waals surface area contributed by atoms with E-state index in [0.717, 1.165) is 17.5 Å². The average molecular weight is 472 g/mol. The topological polar surface area (TPSA) is 111 Å². The highest BCUT2D eigenvalue weighted by Gasteiger charge is 2.29. The van der Waals surface area contributed by atoms with Crippen LogP contribution in [0.2, 0.25) is 0 Å². The first-order valence-corrected chi connectivity index (χ1v) is 11.3. The Morgan fingerprint density at radius 3 is 2.47 bits per heavy atom. The van der Waals surface area contributed by atoms with E-state index in [1.807, 2.05) is 52.0 Å². The molecular formula is C25H33N3O6. The summed E-state index contributed by atoms with van der Waals surface area (Å²) in [5, 5.41) is 14.1. The molecule has 0 heterocycles. The smallest absolute Gasteiger partial charge is 0.311 e. The van der Waals surface area contributed by atoms with Gasteiger partial charge >= 0.3 is 5.69 Å². The Kier molecular flexibility index (Phi) is 9.85. The van der Waals surface area contributed by atoms with Crippen molar-refractivity contribution in [3.05, 3.63) is 63.7 Å². The third-order valence-electron chi connectivity index (χ3n) is 5.53. The number of hydrogen-bond acceptors (Lipinski definition) is 6. The van der Waals surface area contributed by atoms with Gasteiger partial charge in [-0.2, -0.15) is 0 Å². The van der Waals surface area contributed by atoms with E-state index in [2.05, 4.69) is 5.32 Å². The molecule has 0 aliphatic heterocycles. The summed E-state index contributed by atoms with van der Waals surface area (Å²) in [6.45, 7) is 7.64. The van der Waals surface area contributed by atoms with Gasteiger partial charge in [0.2, 0.25) is 11.7 Å². The number of methoxy groups -OCH3 is 1. The van der Waals surface area contributed by atoms with Crippen LogP contribution in [0.3, 0.4) is 0 Å². The van der Waals surface area contributed by atoms with Crippen molar-refractivity contribution in [2.45, 2.75) is 59.2 Å². The molecule has 0 bridgehead atoms. The van der Waals surface area contributed by atoms with E-state index >= 15 is 0 Å². The first kappa shape index (κ1) is 26.6. The quantitative estimate of drug-likeness (QED) is 0.370. The molecule has 2 rings (SSSR count). The van der Waals surface area contributed by atoms with Crippen molar-refractivity contribution in [1.82, 2.24) is 10.2 Å². The minimum atomic E-state index is -0.669. The highest BCUT2D eigenvalue weighted by molar-refractivity contribution is 5.88. The van der Waals surface area contributed by atoms with Crippen LogP contribution in [0.5, 0.6) is 11.5 Å². The van der Waals surface area contributed by atoms with Crippen LogP contribution in [0.25, 0.3) is 0 Å². The lowest BCUT2D eigenvalue weighted by Crippen LogP contribution is -2.51. The normalized spacial score (nSPS) is 12.4. The maximum atomic E-state index is 13.3. The van der Waals surface area contributed by atoms with Crippen LogP contribution >= 0.6 is 0 Å². The summed E-state index contributed by atoms with van der Waals surface area (Å²) in [6, 6.07) is 11.1. The van der Waals surface area contributed by atoms with E-state index in [4.69, 9.17) is 9.47 Å². The van der Waals surface area contributed by atoms with E-state index in [1.165, 1.54) is 30.2 Å². The lowest BCUT2D eigenvalue weighted by molar-refractivity contribution is -0.385. The summed E-state index contributed by atoms with van der Waals surface area (Å²) in [6.07, 6.45) is 1.21. The van der Waals surface area contributed by atoms with Crippen molar-refractivity contribution in [3.8, 4) is 11.5 Å². The predicted molar refractivity (Wildman–Crippen MR) is 129 cm³/mol. The molecular weight excluding hydrogens is 438 g/mol. The van der Waals surface area contributed by atoms with Crippen LogP contribution in [0.4, 0.5) is 5.69 Å². The highest BCUT2D eigenvalue weighted by atomic mass is 16.6. The van der Waals surface area contributed by atoms with Gasteiger partial charge in [0.25, 0.3) is 5.91 Å². The Morgan fingerprint density at radius 1 is 1.15 bits per heavy atom. The van der Waals surface area contributed by atoms with Crippen LogP contribution in [-0.4, -0.2) is 47.4 Å². The van der Waals surface area contributed by atoms with Gasteiger partial charge in [0.05, 0.1) is 12.0 Å². The summed E-state index contributed by atoms with van der Waals surface area (Å²) in [4.78, 5) is 38.3. The summed E-state index contributed by atoms with van der Waals surface area (Å²) in [7, 11) is 1.32. The number of rotatable bonds is 12. The van der Waals surface area contributed by atoms with Gasteiger partial charge in [-0.1, -0.05) is 43.7 Å². The zero-order valence-corrected chi connectivity index (χ0v) is 20.4. The summed E-state index contributed by atoms with van der Waals surface area (Å²) in [5.74, 6) is -0.297. The minimum absolute atomic E-state index is 0.0127. The zero-order valence-electron chi connectivity index (χ0n) is 20.4. The van der Waals surface area contributed by atoms with Crippen molar-refractivity contribution in [1.29, 1.82) is 0 Å². The van der Waals surface area contributed by atoms with Gasteiger partial charge in [-0.25, -0.2) is 0 Å². The third kappa shape index (κ3) is 7.19. The Balaban J connectivity index is 2.25. The van der Waals surface area contributed by atoms with E-state index in [1.54, 1.807) is 0 Å². The second-order valence-corrected chi connectivity index (χ2v) is 8.13. The minimum Gasteiger partial charge on any atom is -0.490 e. The molecule has 9 heteroatoms. The van der Waals surface area contributed by atoms with Crippen molar-refractivity contribution in [2.24, 2.45) is 0 Å². The molecule has 2 atom stereocenters. The molecule has 2 aromatic rings. The zero-order chi connectivity index (χ0) is 25.3. The number of benzene rings is 2. The lowest BCUT2D eigenvalue weighted by atomic mass is 10.1. The molecule has 184 valence electrons. The van der Waals surface area contributed by atoms with Crippen molar-refractivity contribution < 1.29 is 24.0 Å². The van der Waals surface area contributed by atoms with Crippen molar-refractivity contribution in [2.75, 3.05) is 13.7 Å². The maximum Gasteiger partial charge on any atom is 0.311 e. The van der Waals surface area contributed by atoms with E-state index < -0.39 is 11.0 Å². The van der Waals surface area contributed by atoms with Gasteiger partial charge in [-0.05, 0) is 38.3 Å². The maximum absolute atomic E-state index is 13.3. The Labute approximate surface area is 200 Å². The van der Waals surface area contributed by atoms with Crippen LogP contribution in [0.1, 0.15) is 44.7 Å². The summed E-state index contributed by atoms with van der Waals surface area (Å²) < 4.78 is 10.7. The van der Waals surface area contributed by atoms with Crippen LogP contribution in [0.15, 0.2) is 42.5 Å². The molecule has 2 aromatic carbocycles. The summed E-state index contributed by atoms with van der Waals surface area (Å²) >= 11 is 0. The fourth-order valence-corrected chi connectivity index (χ4v) is 3.49. The van der Waals surface area contributed by atoms with E-state index in [9.17, 15) is 19.7 Å². The van der Waals surface area contributed by atoms with Gasteiger partial charge in [0, 0.05) is 24.7 Å². The largest absolute Gasteiger partial charge is 0.490 e. The van der Waals surface area contributed by atoms with Gasteiger partial charge in [0.1, 0.15) is 11.8 Å². The summed E-state index contributed by atoms with van der Waals surface area (Å²) in [5.41, 5.74) is 1.76. The molecule has 9 nitrogen and oxygen atoms in total. The molecule has 0 aliphatic carbocycles. The SMILES string of the molecule is CCC(C)NC(=O)C(CC)N(Cc1cccc(C)c1)C(=O)COc1ccc([N+](=O)[O-])c(OC)c1. The van der Waals surface area contributed by atoms with E-state index in [0.29, 0.717) is 6.42 Å².